The van der Waals surface area contributed by atoms with E-state index >= 15 is 0 Å². The number of likely N-dealkylation sites (tertiary alicyclic amines) is 1. The minimum absolute atomic E-state index is 0.00605. The van der Waals surface area contributed by atoms with Crippen molar-refractivity contribution in [3.8, 4) is 0 Å². The van der Waals surface area contributed by atoms with Crippen molar-refractivity contribution in [2.24, 2.45) is 7.05 Å². The van der Waals surface area contributed by atoms with Crippen molar-refractivity contribution in [3.05, 3.63) is 62.4 Å². The summed E-state index contributed by atoms with van der Waals surface area (Å²) in [5, 5.41) is 9.93. The Morgan fingerprint density at radius 2 is 1.79 bits per heavy atom. The van der Waals surface area contributed by atoms with Gasteiger partial charge in [-0.1, -0.05) is 23.2 Å². The summed E-state index contributed by atoms with van der Waals surface area (Å²) in [5.41, 5.74) is -0.779. The summed E-state index contributed by atoms with van der Waals surface area (Å²) in [6, 6.07) is 5.18. The smallest absolute Gasteiger partial charge is 0.393 e. The van der Waals surface area contributed by atoms with E-state index in [9.17, 15) is 27.9 Å². The summed E-state index contributed by atoms with van der Waals surface area (Å²) in [5.74, 6) is -1.04. The van der Waals surface area contributed by atoms with Gasteiger partial charge in [-0.2, -0.15) is 13.2 Å². The largest absolute Gasteiger partial charge is 0.433 e. The van der Waals surface area contributed by atoms with E-state index in [-0.39, 0.29) is 32.5 Å². The van der Waals surface area contributed by atoms with E-state index in [1.54, 1.807) is 4.90 Å². The summed E-state index contributed by atoms with van der Waals surface area (Å²) in [4.78, 5) is 31.7. The minimum Gasteiger partial charge on any atom is -0.393 e. The van der Waals surface area contributed by atoms with E-state index in [0.29, 0.717) is 36.9 Å². The highest BCUT2D eigenvalue weighted by Crippen LogP contribution is 2.35. The standard InChI is InChI=1S/C23H20Cl2F3N3O3/c1-11-9-17(23(26,27)28)29-21-14(11)10-16(30(21)2)20(33)18-15(24)4-3-13(19(18)25)22(34)31-7-5-12(32)6-8-31/h3-4,9-10,12,32H,5-8H2,1-2H3. The van der Waals surface area contributed by atoms with Crippen molar-refractivity contribution >= 4 is 45.9 Å². The number of pyridine rings is 1. The van der Waals surface area contributed by atoms with Gasteiger partial charge in [0.15, 0.2) is 0 Å². The zero-order valence-corrected chi connectivity index (χ0v) is 19.7. The second-order valence-corrected chi connectivity index (χ2v) is 9.07. The maximum atomic E-state index is 13.5. The molecule has 0 spiro atoms. The van der Waals surface area contributed by atoms with E-state index in [2.05, 4.69) is 4.98 Å². The fourth-order valence-electron chi connectivity index (χ4n) is 4.10. The zero-order valence-electron chi connectivity index (χ0n) is 18.2. The highest BCUT2D eigenvalue weighted by molar-refractivity contribution is 6.42. The first-order valence-corrected chi connectivity index (χ1v) is 11.2. The molecule has 4 rings (SSSR count). The van der Waals surface area contributed by atoms with Crippen LogP contribution in [-0.2, 0) is 13.2 Å². The number of rotatable bonds is 3. The molecular formula is C23H20Cl2F3N3O3. The molecule has 1 aliphatic heterocycles. The van der Waals surface area contributed by atoms with Crippen LogP contribution < -0.4 is 0 Å². The topological polar surface area (TPSA) is 75.4 Å². The van der Waals surface area contributed by atoms with Crippen molar-refractivity contribution in [1.82, 2.24) is 14.5 Å². The minimum atomic E-state index is -4.64. The molecule has 1 fully saturated rings. The zero-order chi connectivity index (χ0) is 24.9. The van der Waals surface area contributed by atoms with Crippen molar-refractivity contribution in [1.29, 1.82) is 0 Å². The number of hydrogen-bond donors (Lipinski definition) is 1. The van der Waals surface area contributed by atoms with Crippen LogP contribution in [0.15, 0.2) is 24.3 Å². The van der Waals surface area contributed by atoms with Crippen LogP contribution >= 0.6 is 23.2 Å². The molecule has 1 aliphatic rings. The number of nitrogens with zero attached hydrogens (tertiary/aromatic N) is 3. The summed E-state index contributed by atoms with van der Waals surface area (Å²) < 4.78 is 41.0. The second-order valence-electron chi connectivity index (χ2n) is 8.28. The quantitative estimate of drug-likeness (QED) is 0.498. The van der Waals surface area contributed by atoms with Crippen LogP contribution in [0.1, 0.15) is 50.5 Å². The molecule has 3 aromatic rings. The summed E-state index contributed by atoms with van der Waals surface area (Å²) >= 11 is 12.8. The van der Waals surface area contributed by atoms with Gasteiger partial charge in [0, 0.05) is 25.5 Å². The lowest BCUT2D eigenvalue weighted by Gasteiger charge is -2.30. The molecule has 34 heavy (non-hydrogen) atoms. The van der Waals surface area contributed by atoms with Crippen molar-refractivity contribution < 1.29 is 27.9 Å². The number of benzene rings is 1. The molecule has 3 heterocycles. The number of alkyl halides is 3. The lowest BCUT2D eigenvalue weighted by Crippen LogP contribution is -2.40. The van der Waals surface area contributed by atoms with Crippen LogP contribution in [0.2, 0.25) is 10.0 Å². The number of aryl methyl sites for hydroxylation is 2. The molecule has 0 saturated carbocycles. The maximum Gasteiger partial charge on any atom is 0.433 e. The molecule has 1 aromatic carbocycles. The van der Waals surface area contributed by atoms with E-state index in [4.69, 9.17) is 23.2 Å². The van der Waals surface area contributed by atoms with Gasteiger partial charge in [0.25, 0.3) is 5.91 Å². The Bertz CT molecular complexity index is 1310. The molecule has 0 atom stereocenters. The van der Waals surface area contributed by atoms with Gasteiger partial charge >= 0.3 is 6.18 Å². The molecule has 2 aromatic heterocycles. The number of aliphatic hydroxyl groups excluding tert-OH is 1. The number of fused-ring (bicyclic) bond motifs is 1. The number of halogens is 5. The first-order valence-electron chi connectivity index (χ1n) is 10.4. The summed E-state index contributed by atoms with van der Waals surface area (Å²) in [7, 11) is 1.43. The molecular weight excluding hydrogens is 494 g/mol. The van der Waals surface area contributed by atoms with Crippen LogP contribution in [0, 0.1) is 6.92 Å². The van der Waals surface area contributed by atoms with Crippen molar-refractivity contribution in [2.45, 2.75) is 32.0 Å². The van der Waals surface area contributed by atoms with Crippen LogP contribution in [0.3, 0.4) is 0 Å². The Hall–Kier alpha value is -2.62. The lowest BCUT2D eigenvalue weighted by atomic mass is 10.0. The first kappa shape index (κ1) is 24.5. The third kappa shape index (κ3) is 4.28. The van der Waals surface area contributed by atoms with E-state index in [1.165, 1.54) is 36.7 Å². The normalized spacial score (nSPS) is 15.2. The number of hydrogen-bond acceptors (Lipinski definition) is 4. The van der Waals surface area contributed by atoms with Gasteiger partial charge in [-0.05, 0) is 49.6 Å². The molecule has 1 N–H and O–H groups in total. The predicted octanol–water partition coefficient (Wildman–Crippen LogP) is 5.04. The molecule has 0 aliphatic carbocycles. The molecule has 6 nitrogen and oxygen atoms in total. The van der Waals surface area contributed by atoms with E-state index in [1.807, 2.05) is 0 Å². The molecule has 0 bridgehead atoms. The van der Waals surface area contributed by atoms with Gasteiger partial charge in [0.1, 0.15) is 11.3 Å². The van der Waals surface area contributed by atoms with Gasteiger partial charge in [0.2, 0.25) is 5.78 Å². The van der Waals surface area contributed by atoms with E-state index < -0.39 is 29.7 Å². The maximum absolute atomic E-state index is 13.5. The number of carbonyl (C=O) groups excluding carboxylic acids is 2. The first-order chi connectivity index (χ1) is 15.9. The van der Waals surface area contributed by atoms with Crippen LogP contribution in [-0.4, -0.2) is 50.4 Å². The lowest BCUT2D eigenvalue weighted by molar-refractivity contribution is -0.141. The molecule has 0 unspecified atom stereocenters. The van der Waals surface area contributed by atoms with Gasteiger partial charge in [-0.25, -0.2) is 4.98 Å². The predicted molar refractivity (Wildman–Crippen MR) is 121 cm³/mol. The fourth-order valence-corrected chi connectivity index (χ4v) is 4.73. The Morgan fingerprint density at radius 3 is 2.41 bits per heavy atom. The Kier molecular flexibility index (Phi) is 6.39. The highest BCUT2D eigenvalue weighted by Gasteiger charge is 2.34. The SMILES string of the molecule is Cc1cc(C(F)(F)F)nc2c1cc(C(=O)c1c(Cl)ccc(C(=O)N3CCC(O)CC3)c1Cl)n2C. The molecule has 0 radical (unpaired) electrons. The van der Waals surface area contributed by atoms with Crippen LogP contribution in [0.5, 0.6) is 0 Å². The third-order valence-electron chi connectivity index (χ3n) is 6.03. The van der Waals surface area contributed by atoms with Gasteiger partial charge in [0.05, 0.1) is 33.0 Å². The van der Waals surface area contributed by atoms with Gasteiger partial charge in [-0.3, -0.25) is 9.59 Å². The van der Waals surface area contributed by atoms with Crippen molar-refractivity contribution in [3.63, 3.8) is 0 Å². The Balaban J connectivity index is 1.77. The monoisotopic (exact) mass is 513 g/mol. The fraction of sp³-hybridized carbons (Fsp3) is 0.348. The average molecular weight is 514 g/mol. The van der Waals surface area contributed by atoms with Gasteiger partial charge in [-0.15, -0.1) is 0 Å². The van der Waals surface area contributed by atoms with Crippen molar-refractivity contribution in [2.75, 3.05) is 13.1 Å². The number of carbonyl (C=O) groups is 2. The summed E-state index contributed by atoms with van der Waals surface area (Å²) in [6.07, 6.45) is -4.24. The number of amides is 1. The highest BCUT2D eigenvalue weighted by atomic mass is 35.5. The third-order valence-corrected chi connectivity index (χ3v) is 6.74. The van der Waals surface area contributed by atoms with E-state index in [0.717, 1.165) is 6.07 Å². The Morgan fingerprint density at radius 1 is 1.15 bits per heavy atom. The summed E-state index contributed by atoms with van der Waals surface area (Å²) in [6.45, 7) is 2.19. The van der Waals surface area contributed by atoms with Gasteiger partial charge < -0.3 is 14.6 Å². The molecule has 180 valence electrons. The second kappa shape index (κ2) is 8.87. The number of ketones is 1. The molecule has 1 saturated heterocycles. The average Bonchev–Trinajstić information content (AvgIpc) is 3.10. The molecule has 1 amide bonds. The van der Waals surface area contributed by atoms with Crippen LogP contribution in [0.25, 0.3) is 11.0 Å². The van der Waals surface area contributed by atoms with Crippen LogP contribution in [0.4, 0.5) is 13.2 Å². The number of aromatic nitrogens is 2. The molecule has 11 heteroatoms. The number of piperidine rings is 1. The Labute approximate surface area is 202 Å². The number of aliphatic hydroxyl groups is 1.